The van der Waals surface area contributed by atoms with Crippen LogP contribution in [0.5, 0.6) is 0 Å². The van der Waals surface area contributed by atoms with Crippen molar-refractivity contribution in [1.29, 1.82) is 0 Å². The maximum atomic E-state index is 4.22. The summed E-state index contributed by atoms with van der Waals surface area (Å²) < 4.78 is 1.92. The predicted molar refractivity (Wildman–Crippen MR) is 67.2 cm³/mol. The van der Waals surface area contributed by atoms with E-state index in [9.17, 15) is 0 Å². The molecule has 0 aliphatic carbocycles. The van der Waals surface area contributed by atoms with E-state index in [1.807, 2.05) is 29.7 Å². The number of rotatable bonds is 6. The van der Waals surface area contributed by atoms with Crippen LogP contribution in [0.3, 0.4) is 0 Å². The smallest absolute Gasteiger partial charge is 0.0537 e. The van der Waals surface area contributed by atoms with Gasteiger partial charge in [0.05, 0.1) is 6.20 Å². The number of aryl methyl sites for hydroxylation is 1. The van der Waals surface area contributed by atoms with Crippen molar-refractivity contribution in [3.63, 3.8) is 0 Å². The molecule has 1 aromatic heterocycles. The van der Waals surface area contributed by atoms with Crippen molar-refractivity contribution in [2.75, 3.05) is 12.8 Å². The fraction of sp³-hybridized carbons (Fsp3) is 0.727. The molecule has 1 aromatic rings. The Kier molecular flexibility index (Phi) is 5.19. The van der Waals surface area contributed by atoms with Gasteiger partial charge in [-0.05, 0) is 26.1 Å². The zero-order valence-electron chi connectivity index (χ0n) is 10.1. The molecule has 0 unspecified atom stereocenters. The second-order valence-electron chi connectivity index (χ2n) is 3.89. The molecule has 1 rings (SSSR count). The van der Waals surface area contributed by atoms with Gasteiger partial charge in [-0.2, -0.15) is 16.9 Å². The van der Waals surface area contributed by atoms with E-state index in [-0.39, 0.29) is 0 Å². The van der Waals surface area contributed by atoms with Crippen LogP contribution in [0, 0.1) is 6.92 Å². The van der Waals surface area contributed by atoms with Crippen molar-refractivity contribution in [3.8, 4) is 0 Å². The molecular weight excluding hydrogens is 206 g/mol. The van der Waals surface area contributed by atoms with E-state index in [1.54, 1.807) is 0 Å². The van der Waals surface area contributed by atoms with Gasteiger partial charge in [0.15, 0.2) is 0 Å². The zero-order valence-corrected chi connectivity index (χ0v) is 10.9. The summed E-state index contributed by atoms with van der Waals surface area (Å²) in [4.78, 5) is 0. The average molecular weight is 227 g/mol. The first-order chi connectivity index (χ1) is 7.15. The van der Waals surface area contributed by atoms with E-state index < -0.39 is 0 Å². The Morgan fingerprint density at radius 3 is 2.87 bits per heavy atom. The molecular formula is C11H21N3S. The van der Waals surface area contributed by atoms with Crippen LogP contribution in [0.2, 0.25) is 0 Å². The lowest BCUT2D eigenvalue weighted by atomic mass is 10.2. The van der Waals surface area contributed by atoms with E-state index >= 15 is 0 Å². The van der Waals surface area contributed by atoms with Crippen LogP contribution in [-0.2, 0) is 13.6 Å². The average Bonchev–Trinajstić information content (AvgIpc) is 2.55. The summed E-state index contributed by atoms with van der Waals surface area (Å²) in [5.74, 6) is 0. The molecule has 0 fully saturated rings. The SMILES string of the molecule is CS[C@H](C)CCNCc1cnn(C)c1C. The Morgan fingerprint density at radius 1 is 1.60 bits per heavy atom. The molecule has 0 aromatic carbocycles. The largest absolute Gasteiger partial charge is 0.313 e. The van der Waals surface area contributed by atoms with Crippen LogP contribution in [-0.4, -0.2) is 27.8 Å². The maximum absolute atomic E-state index is 4.22. The van der Waals surface area contributed by atoms with Gasteiger partial charge in [0.1, 0.15) is 0 Å². The highest BCUT2D eigenvalue weighted by atomic mass is 32.2. The minimum atomic E-state index is 0.743. The molecule has 86 valence electrons. The zero-order chi connectivity index (χ0) is 11.3. The number of aromatic nitrogens is 2. The van der Waals surface area contributed by atoms with Gasteiger partial charge < -0.3 is 5.32 Å². The Hall–Kier alpha value is -0.480. The number of hydrogen-bond acceptors (Lipinski definition) is 3. The molecule has 1 N–H and O–H groups in total. The second-order valence-corrected chi connectivity index (χ2v) is 5.17. The Labute approximate surface area is 96.6 Å². The lowest BCUT2D eigenvalue weighted by molar-refractivity contribution is 0.644. The first-order valence-corrected chi connectivity index (χ1v) is 6.65. The Bertz CT molecular complexity index is 296. The van der Waals surface area contributed by atoms with Crippen LogP contribution in [0.25, 0.3) is 0 Å². The van der Waals surface area contributed by atoms with Gasteiger partial charge in [0, 0.05) is 30.1 Å². The summed E-state index contributed by atoms with van der Waals surface area (Å²) in [7, 11) is 1.98. The first-order valence-electron chi connectivity index (χ1n) is 5.36. The van der Waals surface area contributed by atoms with Crippen LogP contribution >= 0.6 is 11.8 Å². The number of nitrogens with one attached hydrogen (secondary N) is 1. The Balaban J connectivity index is 2.23. The summed E-state index contributed by atoms with van der Waals surface area (Å²) in [5.41, 5.74) is 2.55. The molecule has 0 amide bonds. The third kappa shape index (κ3) is 3.87. The fourth-order valence-corrected chi connectivity index (χ4v) is 1.72. The highest BCUT2D eigenvalue weighted by Gasteiger charge is 2.03. The van der Waals surface area contributed by atoms with Crippen molar-refractivity contribution in [3.05, 3.63) is 17.5 Å². The minimum Gasteiger partial charge on any atom is -0.313 e. The first kappa shape index (κ1) is 12.6. The normalized spacial score (nSPS) is 13.1. The van der Waals surface area contributed by atoms with Crippen LogP contribution in [0.1, 0.15) is 24.6 Å². The number of hydrogen-bond donors (Lipinski definition) is 1. The van der Waals surface area contributed by atoms with E-state index in [1.165, 1.54) is 17.7 Å². The molecule has 15 heavy (non-hydrogen) atoms. The lowest BCUT2D eigenvalue weighted by Gasteiger charge is -2.08. The van der Waals surface area contributed by atoms with Gasteiger partial charge in [-0.25, -0.2) is 0 Å². The molecule has 0 radical (unpaired) electrons. The van der Waals surface area contributed by atoms with E-state index in [0.717, 1.165) is 18.3 Å². The second kappa shape index (κ2) is 6.18. The molecule has 4 heteroatoms. The predicted octanol–water partition coefficient (Wildman–Crippen LogP) is 1.96. The summed E-state index contributed by atoms with van der Waals surface area (Å²) in [6.45, 7) is 6.38. The Morgan fingerprint density at radius 2 is 2.33 bits per heavy atom. The molecule has 1 atom stereocenters. The van der Waals surface area contributed by atoms with Gasteiger partial charge in [-0.1, -0.05) is 6.92 Å². The number of thioether (sulfide) groups is 1. The third-order valence-electron chi connectivity index (χ3n) is 2.78. The molecule has 0 aliphatic rings. The molecule has 0 spiro atoms. The van der Waals surface area contributed by atoms with Crippen LogP contribution < -0.4 is 5.32 Å². The molecule has 0 aliphatic heterocycles. The highest BCUT2D eigenvalue weighted by molar-refractivity contribution is 7.99. The van der Waals surface area contributed by atoms with Crippen molar-refractivity contribution in [1.82, 2.24) is 15.1 Å². The van der Waals surface area contributed by atoms with E-state index in [4.69, 9.17) is 0 Å². The summed E-state index contributed by atoms with van der Waals surface area (Å²) in [6.07, 6.45) is 5.33. The topological polar surface area (TPSA) is 29.9 Å². The van der Waals surface area contributed by atoms with Gasteiger partial charge in [0.2, 0.25) is 0 Å². The molecule has 0 bridgehead atoms. The maximum Gasteiger partial charge on any atom is 0.0537 e. The summed E-state index contributed by atoms with van der Waals surface area (Å²) >= 11 is 1.92. The lowest BCUT2D eigenvalue weighted by Crippen LogP contribution is -2.18. The number of nitrogens with zero attached hydrogens (tertiary/aromatic N) is 2. The van der Waals surface area contributed by atoms with Crippen LogP contribution in [0.4, 0.5) is 0 Å². The van der Waals surface area contributed by atoms with Gasteiger partial charge in [0.25, 0.3) is 0 Å². The van der Waals surface area contributed by atoms with Gasteiger partial charge >= 0.3 is 0 Å². The van der Waals surface area contributed by atoms with Gasteiger partial charge in [-0.3, -0.25) is 4.68 Å². The van der Waals surface area contributed by atoms with Crippen LogP contribution in [0.15, 0.2) is 6.20 Å². The molecule has 1 heterocycles. The van der Waals surface area contributed by atoms with Crippen molar-refractivity contribution in [2.45, 2.75) is 32.1 Å². The minimum absolute atomic E-state index is 0.743. The van der Waals surface area contributed by atoms with Crippen molar-refractivity contribution >= 4 is 11.8 Å². The molecule has 0 saturated carbocycles. The summed E-state index contributed by atoms with van der Waals surface area (Å²) in [6, 6.07) is 0. The molecule has 3 nitrogen and oxygen atoms in total. The fourth-order valence-electron chi connectivity index (χ4n) is 1.36. The van der Waals surface area contributed by atoms with Gasteiger partial charge in [-0.15, -0.1) is 0 Å². The highest BCUT2D eigenvalue weighted by Crippen LogP contribution is 2.09. The quantitative estimate of drug-likeness (QED) is 0.754. The monoisotopic (exact) mass is 227 g/mol. The molecule has 0 saturated heterocycles. The van der Waals surface area contributed by atoms with Crippen molar-refractivity contribution < 1.29 is 0 Å². The summed E-state index contributed by atoms with van der Waals surface area (Å²) in [5, 5.41) is 8.42. The third-order valence-corrected chi connectivity index (χ3v) is 3.82. The van der Waals surface area contributed by atoms with E-state index in [0.29, 0.717) is 0 Å². The standard InChI is InChI=1S/C11H21N3S/c1-9(15-4)5-6-12-7-11-8-13-14(3)10(11)2/h8-9,12H,5-7H2,1-4H3/t9-/m1/s1. The van der Waals surface area contributed by atoms with Crippen molar-refractivity contribution in [2.24, 2.45) is 7.05 Å². The van der Waals surface area contributed by atoms with E-state index in [2.05, 4.69) is 30.5 Å².